The van der Waals surface area contributed by atoms with Gasteiger partial charge in [0.2, 0.25) is 0 Å². The normalized spacial score (nSPS) is 13.1. The van der Waals surface area contributed by atoms with Gasteiger partial charge in [0.25, 0.3) is 0 Å². The van der Waals surface area contributed by atoms with E-state index in [1.165, 1.54) is 0 Å². The van der Waals surface area contributed by atoms with Crippen LogP contribution in [0, 0.1) is 13.8 Å². The third-order valence-electron chi connectivity index (χ3n) is 2.34. The predicted octanol–water partition coefficient (Wildman–Crippen LogP) is 3.01. The van der Waals surface area contributed by atoms with E-state index in [-0.39, 0.29) is 6.04 Å². The van der Waals surface area contributed by atoms with Gasteiger partial charge < -0.3 is 10.2 Å². The second-order valence-electron chi connectivity index (χ2n) is 3.38. The van der Waals surface area contributed by atoms with Crippen LogP contribution in [0.2, 0.25) is 0 Å². The van der Waals surface area contributed by atoms with Crippen LogP contribution >= 0.6 is 11.3 Å². The largest absolute Gasteiger partial charge is 0.464 e. The first-order valence-corrected chi connectivity index (χ1v) is 5.42. The Balaban J connectivity index is 2.32. The first-order chi connectivity index (χ1) is 6.68. The SMILES string of the molecule is Cc1cc(C(N)c2cccs2)oc1C. The van der Waals surface area contributed by atoms with Crippen molar-refractivity contribution < 1.29 is 4.42 Å². The molecular formula is C11H13NOS. The first-order valence-electron chi connectivity index (χ1n) is 4.54. The Morgan fingerprint density at radius 1 is 1.43 bits per heavy atom. The van der Waals surface area contributed by atoms with Crippen molar-refractivity contribution in [2.45, 2.75) is 19.9 Å². The van der Waals surface area contributed by atoms with Crippen LogP contribution in [0.15, 0.2) is 28.0 Å². The molecule has 0 saturated carbocycles. The fraction of sp³-hybridized carbons (Fsp3) is 0.273. The number of furan rings is 1. The molecule has 0 bridgehead atoms. The Morgan fingerprint density at radius 3 is 2.71 bits per heavy atom. The zero-order chi connectivity index (χ0) is 10.1. The van der Waals surface area contributed by atoms with Gasteiger partial charge in [0.05, 0.1) is 6.04 Å². The fourth-order valence-corrected chi connectivity index (χ4v) is 2.10. The summed E-state index contributed by atoms with van der Waals surface area (Å²) in [6.45, 7) is 3.99. The van der Waals surface area contributed by atoms with E-state index in [1.807, 2.05) is 37.4 Å². The Hall–Kier alpha value is -1.06. The summed E-state index contributed by atoms with van der Waals surface area (Å²) in [7, 11) is 0. The van der Waals surface area contributed by atoms with E-state index in [1.54, 1.807) is 11.3 Å². The van der Waals surface area contributed by atoms with Crippen LogP contribution in [0.3, 0.4) is 0 Å². The lowest BCUT2D eigenvalue weighted by Crippen LogP contribution is -2.08. The molecule has 0 aromatic carbocycles. The molecule has 3 heteroatoms. The van der Waals surface area contributed by atoms with Crippen molar-refractivity contribution in [2.75, 3.05) is 0 Å². The van der Waals surface area contributed by atoms with Gasteiger partial charge in [-0.3, -0.25) is 0 Å². The number of hydrogen-bond acceptors (Lipinski definition) is 3. The van der Waals surface area contributed by atoms with Crippen LogP contribution in [0.25, 0.3) is 0 Å². The molecule has 14 heavy (non-hydrogen) atoms. The number of aryl methyl sites for hydroxylation is 2. The minimum atomic E-state index is -0.123. The second-order valence-corrected chi connectivity index (χ2v) is 4.36. The summed E-state index contributed by atoms with van der Waals surface area (Å²) in [5, 5.41) is 2.03. The van der Waals surface area contributed by atoms with Gasteiger partial charge in [0.1, 0.15) is 11.5 Å². The van der Waals surface area contributed by atoms with Crippen LogP contribution < -0.4 is 5.73 Å². The molecule has 2 N–H and O–H groups in total. The average Bonchev–Trinajstić information content (AvgIpc) is 2.76. The third-order valence-corrected chi connectivity index (χ3v) is 3.30. The van der Waals surface area contributed by atoms with Crippen molar-refractivity contribution in [1.82, 2.24) is 0 Å². The number of thiophene rings is 1. The Kier molecular flexibility index (Phi) is 2.44. The number of rotatable bonds is 2. The van der Waals surface area contributed by atoms with Gasteiger partial charge >= 0.3 is 0 Å². The standard InChI is InChI=1S/C11H13NOS/c1-7-6-9(13-8(7)2)11(12)10-4-3-5-14-10/h3-6,11H,12H2,1-2H3. The molecule has 2 aromatic rings. The van der Waals surface area contributed by atoms with Crippen molar-refractivity contribution in [2.24, 2.45) is 5.73 Å². The minimum Gasteiger partial charge on any atom is -0.464 e. The predicted molar refractivity (Wildman–Crippen MR) is 58.5 cm³/mol. The van der Waals surface area contributed by atoms with Crippen molar-refractivity contribution >= 4 is 11.3 Å². The fourth-order valence-electron chi connectivity index (χ4n) is 1.36. The monoisotopic (exact) mass is 207 g/mol. The van der Waals surface area contributed by atoms with Gasteiger partial charge in [0, 0.05) is 4.88 Å². The highest BCUT2D eigenvalue weighted by molar-refractivity contribution is 7.10. The molecule has 2 heterocycles. The maximum atomic E-state index is 6.06. The molecule has 0 radical (unpaired) electrons. The van der Waals surface area contributed by atoms with E-state index < -0.39 is 0 Å². The summed E-state index contributed by atoms with van der Waals surface area (Å²) < 4.78 is 5.58. The molecular weight excluding hydrogens is 194 g/mol. The van der Waals surface area contributed by atoms with Gasteiger partial charge in [-0.05, 0) is 36.9 Å². The summed E-state index contributed by atoms with van der Waals surface area (Å²) in [5.74, 6) is 1.80. The van der Waals surface area contributed by atoms with Crippen LogP contribution in [0.5, 0.6) is 0 Å². The zero-order valence-electron chi connectivity index (χ0n) is 8.28. The molecule has 1 unspecified atom stereocenters. The molecule has 0 saturated heterocycles. The van der Waals surface area contributed by atoms with Crippen LogP contribution in [0.4, 0.5) is 0 Å². The molecule has 1 atom stereocenters. The zero-order valence-corrected chi connectivity index (χ0v) is 9.10. The van der Waals surface area contributed by atoms with Gasteiger partial charge in [-0.1, -0.05) is 6.07 Å². The molecule has 74 valence electrons. The number of nitrogens with two attached hydrogens (primary N) is 1. The summed E-state index contributed by atoms with van der Waals surface area (Å²) in [4.78, 5) is 1.14. The minimum absolute atomic E-state index is 0.123. The van der Waals surface area contributed by atoms with Crippen LogP contribution in [-0.2, 0) is 0 Å². The lowest BCUT2D eigenvalue weighted by molar-refractivity contribution is 0.466. The van der Waals surface area contributed by atoms with Gasteiger partial charge in [-0.2, -0.15) is 0 Å². The van der Waals surface area contributed by atoms with Gasteiger partial charge in [0.15, 0.2) is 0 Å². The van der Waals surface area contributed by atoms with E-state index in [0.717, 1.165) is 22.0 Å². The topological polar surface area (TPSA) is 39.2 Å². The van der Waals surface area contributed by atoms with E-state index in [0.29, 0.717) is 0 Å². The summed E-state index contributed by atoms with van der Waals surface area (Å²) in [6.07, 6.45) is 0. The Labute approximate surface area is 87.4 Å². The van der Waals surface area contributed by atoms with Gasteiger partial charge in [-0.15, -0.1) is 11.3 Å². The summed E-state index contributed by atoms with van der Waals surface area (Å²) in [5.41, 5.74) is 7.22. The van der Waals surface area contributed by atoms with Crippen LogP contribution in [0.1, 0.15) is 28.0 Å². The highest BCUT2D eigenvalue weighted by atomic mass is 32.1. The van der Waals surface area contributed by atoms with Crippen molar-refractivity contribution in [3.05, 3.63) is 45.5 Å². The molecule has 0 aliphatic rings. The molecule has 2 aromatic heterocycles. The molecule has 0 amide bonds. The highest BCUT2D eigenvalue weighted by Crippen LogP contribution is 2.26. The molecule has 0 aliphatic carbocycles. The highest BCUT2D eigenvalue weighted by Gasteiger charge is 2.14. The first kappa shape index (κ1) is 9.49. The van der Waals surface area contributed by atoms with E-state index in [9.17, 15) is 0 Å². The maximum absolute atomic E-state index is 6.06. The second kappa shape index (κ2) is 3.59. The smallest absolute Gasteiger partial charge is 0.126 e. The average molecular weight is 207 g/mol. The third kappa shape index (κ3) is 1.61. The van der Waals surface area contributed by atoms with Crippen molar-refractivity contribution in [3.63, 3.8) is 0 Å². The van der Waals surface area contributed by atoms with E-state index in [4.69, 9.17) is 10.2 Å². The lowest BCUT2D eigenvalue weighted by atomic mass is 10.2. The van der Waals surface area contributed by atoms with E-state index in [2.05, 4.69) is 0 Å². The Morgan fingerprint density at radius 2 is 2.21 bits per heavy atom. The molecule has 0 spiro atoms. The van der Waals surface area contributed by atoms with Crippen LogP contribution in [-0.4, -0.2) is 0 Å². The molecule has 2 rings (SSSR count). The Bertz CT molecular complexity index is 397. The van der Waals surface area contributed by atoms with Gasteiger partial charge in [-0.25, -0.2) is 0 Å². The molecule has 0 aliphatic heterocycles. The molecule has 0 fully saturated rings. The quantitative estimate of drug-likeness (QED) is 0.822. The van der Waals surface area contributed by atoms with Crippen molar-refractivity contribution in [3.8, 4) is 0 Å². The number of hydrogen-bond donors (Lipinski definition) is 1. The van der Waals surface area contributed by atoms with E-state index >= 15 is 0 Å². The summed E-state index contributed by atoms with van der Waals surface area (Å²) >= 11 is 1.66. The molecule has 2 nitrogen and oxygen atoms in total. The summed E-state index contributed by atoms with van der Waals surface area (Å²) in [6, 6.07) is 5.92. The van der Waals surface area contributed by atoms with Crippen molar-refractivity contribution in [1.29, 1.82) is 0 Å². The lowest BCUT2D eigenvalue weighted by Gasteiger charge is -2.04. The maximum Gasteiger partial charge on any atom is 0.126 e.